The second kappa shape index (κ2) is 5.06. The molecule has 0 radical (unpaired) electrons. The molecule has 0 unspecified atom stereocenters. The van der Waals surface area contributed by atoms with Gasteiger partial charge in [0.25, 0.3) is 0 Å². The van der Waals surface area contributed by atoms with Crippen molar-refractivity contribution in [3.63, 3.8) is 0 Å². The molecule has 0 bridgehead atoms. The maximum atomic E-state index is 12.0. The third-order valence-electron chi connectivity index (χ3n) is 4.01. The molecule has 0 aliphatic heterocycles. The molecule has 0 saturated heterocycles. The SMILES string of the molecule is CC1CCC(CCl)(NS(=O)(=O)CC2CC2)CC1. The summed E-state index contributed by atoms with van der Waals surface area (Å²) >= 11 is 6.02. The van der Waals surface area contributed by atoms with Crippen molar-refractivity contribution in [2.75, 3.05) is 11.6 Å². The molecule has 0 aromatic carbocycles. The summed E-state index contributed by atoms with van der Waals surface area (Å²) in [5, 5.41) is 0. The Morgan fingerprint density at radius 1 is 1.24 bits per heavy atom. The fourth-order valence-corrected chi connectivity index (χ4v) is 4.93. The summed E-state index contributed by atoms with van der Waals surface area (Å²) in [6.07, 6.45) is 6.01. The molecule has 1 N–H and O–H groups in total. The highest BCUT2D eigenvalue weighted by Gasteiger charge is 2.38. The van der Waals surface area contributed by atoms with E-state index in [2.05, 4.69) is 11.6 Å². The molecule has 17 heavy (non-hydrogen) atoms. The van der Waals surface area contributed by atoms with Gasteiger partial charge in [-0.25, -0.2) is 13.1 Å². The predicted molar refractivity (Wildman–Crippen MR) is 70.7 cm³/mol. The van der Waals surface area contributed by atoms with Crippen LogP contribution >= 0.6 is 11.6 Å². The van der Waals surface area contributed by atoms with E-state index in [9.17, 15) is 8.42 Å². The minimum absolute atomic E-state index is 0.293. The van der Waals surface area contributed by atoms with Gasteiger partial charge in [0, 0.05) is 11.4 Å². The van der Waals surface area contributed by atoms with Crippen molar-refractivity contribution in [2.24, 2.45) is 11.8 Å². The van der Waals surface area contributed by atoms with Crippen LogP contribution in [0.5, 0.6) is 0 Å². The third-order valence-corrected chi connectivity index (χ3v) is 6.18. The molecule has 2 saturated carbocycles. The predicted octanol–water partition coefficient (Wildman–Crippen LogP) is 2.50. The average Bonchev–Trinajstić information content (AvgIpc) is 3.04. The monoisotopic (exact) mass is 279 g/mol. The molecule has 100 valence electrons. The van der Waals surface area contributed by atoms with Gasteiger partial charge in [-0.2, -0.15) is 0 Å². The van der Waals surface area contributed by atoms with Crippen LogP contribution in [0.25, 0.3) is 0 Å². The fraction of sp³-hybridized carbons (Fsp3) is 1.00. The van der Waals surface area contributed by atoms with Gasteiger partial charge in [-0.05, 0) is 50.4 Å². The maximum absolute atomic E-state index is 12.0. The smallest absolute Gasteiger partial charge is 0.212 e. The molecule has 0 amide bonds. The first-order chi connectivity index (χ1) is 7.95. The zero-order chi connectivity index (χ0) is 12.5. The van der Waals surface area contributed by atoms with Crippen molar-refractivity contribution in [2.45, 2.75) is 51.0 Å². The molecule has 0 aromatic heterocycles. The van der Waals surface area contributed by atoms with E-state index in [1.54, 1.807) is 0 Å². The zero-order valence-electron chi connectivity index (χ0n) is 10.4. The molecule has 3 nitrogen and oxygen atoms in total. The lowest BCUT2D eigenvalue weighted by atomic mass is 9.79. The van der Waals surface area contributed by atoms with Crippen molar-refractivity contribution in [1.29, 1.82) is 0 Å². The summed E-state index contributed by atoms with van der Waals surface area (Å²) in [6.45, 7) is 2.22. The van der Waals surface area contributed by atoms with Crippen molar-refractivity contribution in [3.8, 4) is 0 Å². The summed E-state index contributed by atoms with van der Waals surface area (Å²) < 4.78 is 26.9. The van der Waals surface area contributed by atoms with Crippen molar-refractivity contribution >= 4 is 21.6 Å². The summed E-state index contributed by atoms with van der Waals surface area (Å²) in [4.78, 5) is 0. The first-order valence-electron chi connectivity index (χ1n) is 6.52. The van der Waals surface area contributed by atoms with Crippen molar-refractivity contribution in [1.82, 2.24) is 4.72 Å². The minimum atomic E-state index is -3.14. The number of alkyl halides is 1. The summed E-state index contributed by atoms with van der Waals surface area (Å²) in [5.74, 6) is 1.77. The molecule has 0 aromatic rings. The molecule has 0 spiro atoms. The Morgan fingerprint density at radius 2 is 1.82 bits per heavy atom. The molecular formula is C12H22ClNO2S. The second-order valence-corrected chi connectivity index (χ2v) is 7.96. The minimum Gasteiger partial charge on any atom is -0.212 e. The van der Waals surface area contributed by atoms with Crippen molar-refractivity contribution in [3.05, 3.63) is 0 Å². The van der Waals surface area contributed by atoms with Crippen LogP contribution in [0.1, 0.15) is 45.4 Å². The quantitative estimate of drug-likeness (QED) is 0.786. The van der Waals surface area contributed by atoms with E-state index < -0.39 is 10.0 Å². The topological polar surface area (TPSA) is 46.2 Å². The molecule has 0 heterocycles. The van der Waals surface area contributed by atoms with E-state index in [1.165, 1.54) is 0 Å². The Hall–Kier alpha value is 0.200. The van der Waals surface area contributed by atoms with Crippen LogP contribution in [0.4, 0.5) is 0 Å². The number of hydrogen-bond donors (Lipinski definition) is 1. The van der Waals surface area contributed by atoms with Crippen LogP contribution in [0, 0.1) is 11.8 Å². The molecule has 5 heteroatoms. The van der Waals surface area contributed by atoms with E-state index in [0.717, 1.165) is 38.5 Å². The van der Waals surface area contributed by atoms with Crippen LogP contribution < -0.4 is 4.72 Å². The molecule has 0 atom stereocenters. The van der Waals surface area contributed by atoms with Gasteiger partial charge in [-0.1, -0.05) is 6.92 Å². The Morgan fingerprint density at radius 3 is 2.29 bits per heavy atom. The van der Waals surface area contributed by atoms with Crippen LogP contribution in [0.3, 0.4) is 0 Å². The molecular weight excluding hydrogens is 258 g/mol. The van der Waals surface area contributed by atoms with Gasteiger partial charge in [-0.3, -0.25) is 0 Å². The molecule has 2 aliphatic rings. The van der Waals surface area contributed by atoms with Gasteiger partial charge < -0.3 is 0 Å². The molecule has 2 aliphatic carbocycles. The summed E-state index contributed by atoms with van der Waals surface area (Å²) in [6, 6.07) is 0. The highest BCUT2D eigenvalue weighted by molar-refractivity contribution is 7.89. The Kier molecular flexibility index (Phi) is 4.06. The first-order valence-corrected chi connectivity index (χ1v) is 8.71. The van der Waals surface area contributed by atoms with Gasteiger partial charge in [0.05, 0.1) is 5.75 Å². The Bertz CT molecular complexity index is 357. The van der Waals surface area contributed by atoms with Crippen LogP contribution in [-0.4, -0.2) is 25.6 Å². The van der Waals surface area contributed by atoms with Gasteiger partial charge >= 0.3 is 0 Å². The lowest BCUT2D eigenvalue weighted by molar-refractivity contribution is 0.247. The fourth-order valence-electron chi connectivity index (χ4n) is 2.54. The first kappa shape index (κ1) is 13.6. The van der Waals surface area contributed by atoms with Gasteiger partial charge in [0.2, 0.25) is 10.0 Å². The number of rotatable bonds is 5. The van der Waals surface area contributed by atoms with Gasteiger partial charge in [0.1, 0.15) is 0 Å². The second-order valence-electron chi connectivity index (χ2n) is 5.92. The highest BCUT2D eigenvalue weighted by atomic mass is 35.5. The van der Waals surface area contributed by atoms with Crippen LogP contribution in [0.2, 0.25) is 0 Å². The summed E-state index contributed by atoms with van der Waals surface area (Å²) in [7, 11) is -3.14. The Balaban J connectivity index is 1.98. The number of hydrogen-bond acceptors (Lipinski definition) is 2. The standard InChI is InChI=1S/C12H22ClNO2S/c1-10-4-6-12(9-13,7-5-10)14-17(15,16)8-11-2-3-11/h10-11,14H,2-9H2,1H3. The normalized spacial score (nSPS) is 34.8. The van der Waals surface area contributed by atoms with Gasteiger partial charge in [0.15, 0.2) is 0 Å². The third kappa shape index (κ3) is 3.83. The zero-order valence-corrected chi connectivity index (χ0v) is 12.0. The van der Waals surface area contributed by atoms with E-state index in [4.69, 9.17) is 11.6 Å². The highest BCUT2D eigenvalue weighted by Crippen LogP contribution is 2.35. The number of halogens is 1. The lowest BCUT2D eigenvalue weighted by Gasteiger charge is -2.38. The number of nitrogens with one attached hydrogen (secondary N) is 1. The lowest BCUT2D eigenvalue weighted by Crippen LogP contribution is -2.52. The van der Waals surface area contributed by atoms with Crippen molar-refractivity contribution < 1.29 is 8.42 Å². The van der Waals surface area contributed by atoms with E-state index in [1.807, 2.05) is 0 Å². The van der Waals surface area contributed by atoms with E-state index >= 15 is 0 Å². The maximum Gasteiger partial charge on any atom is 0.212 e. The average molecular weight is 280 g/mol. The number of sulfonamides is 1. The molecule has 2 fully saturated rings. The van der Waals surface area contributed by atoms with Gasteiger partial charge in [-0.15, -0.1) is 11.6 Å². The van der Waals surface area contributed by atoms with Crippen LogP contribution in [0.15, 0.2) is 0 Å². The van der Waals surface area contributed by atoms with E-state index in [-0.39, 0.29) is 5.54 Å². The largest absolute Gasteiger partial charge is 0.212 e. The Labute approximate surface area is 109 Å². The molecule has 2 rings (SSSR count). The van der Waals surface area contributed by atoms with Crippen LogP contribution in [-0.2, 0) is 10.0 Å². The summed E-state index contributed by atoms with van der Waals surface area (Å²) in [5.41, 5.74) is -0.373. The van der Waals surface area contributed by atoms with E-state index in [0.29, 0.717) is 23.5 Å².